The van der Waals surface area contributed by atoms with Crippen LogP contribution in [0.15, 0.2) is 0 Å². The fourth-order valence-corrected chi connectivity index (χ4v) is 0.546. The van der Waals surface area contributed by atoms with Gasteiger partial charge in [-0.2, -0.15) is 9.78 Å². The monoisotopic (exact) mass is 148 g/mol. The van der Waals surface area contributed by atoms with Gasteiger partial charge in [0.15, 0.2) is 5.79 Å². The van der Waals surface area contributed by atoms with Gasteiger partial charge in [0.05, 0.1) is 0 Å². The van der Waals surface area contributed by atoms with E-state index in [4.69, 9.17) is 14.7 Å². The van der Waals surface area contributed by atoms with Crippen LogP contribution in [0.4, 0.5) is 0 Å². The molecule has 1 fully saturated rings. The van der Waals surface area contributed by atoms with Crippen molar-refractivity contribution >= 4 is 0 Å². The van der Waals surface area contributed by atoms with Crippen LogP contribution in [0.3, 0.4) is 0 Å². The molecule has 0 spiro atoms. The summed E-state index contributed by atoms with van der Waals surface area (Å²) in [5.41, 5.74) is 0. The molecule has 0 radical (unpaired) electrons. The van der Waals surface area contributed by atoms with Crippen LogP contribution in [0, 0.1) is 0 Å². The van der Waals surface area contributed by atoms with Gasteiger partial charge in [-0.1, -0.05) is 0 Å². The molecular weight excluding hydrogens is 136 g/mol. The van der Waals surface area contributed by atoms with Gasteiger partial charge in [0, 0.05) is 0 Å². The Morgan fingerprint density at radius 3 is 2.10 bits per heavy atom. The molecule has 0 amide bonds. The van der Waals surface area contributed by atoms with E-state index in [2.05, 4.69) is 4.89 Å². The Kier molecular flexibility index (Phi) is 1.72. The fraction of sp³-hybridized carbons (Fsp3) is 1.00. The Morgan fingerprint density at radius 1 is 1.20 bits per heavy atom. The van der Waals surface area contributed by atoms with E-state index in [1.54, 1.807) is 13.8 Å². The van der Waals surface area contributed by atoms with Gasteiger partial charge in [0.1, 0.15) is 6.61 Å². The first-order valence-electron chi connectivity index (χ1n) is 3.14. The lowest BCUT2D eigenvalue weighted by Crippen LogP contribution is -2.47. The SMILES string of the molecule is CC1(O)COC(C)(C)OO1. The molecule has 0 aromatic carbocycles. The molecule has 1 heterocycles. The number of rotatable bonds is 0. The highest BCUT2D eigenvalue weighted by Gasteiger charge is 2.36. The van der Waals surface area contributed by atoms with Crippen molar-refractivity contribution in [1.29, 1.82) is 0 Å². The van der Waals surface area contributed by atoms with E-state index in [0.29, 0.717) is 0 Å². The average Bonchev–Trinajstić information content (AvgIpc) is 1.79. The van der Waals surface area contributed by atoms with Crippen LogP contribution in [-0.2, 0) is 14.5 Å². The molecule has 0 saturated carbocycles. The van der Waals surface area contributed by atoms with Gasteiger partial charge in [-0.15, -0.1) is 0 Å². The van der Waals surface area contributed by atoms with Crippen LogP contribution in [0.25, 0.3) is 0 Å². The zero-order valence-corrected chi connectivity index (χ0v) is 6.38. The molecule has 1 aliphatic rings. The van der Waals surface area contributed by atoms with Crippen LogP contribution in [0.1, 0.15) is 20.8 Å². The highest BCUT2D eigenvalue weighted by molar-refractivity contribution is 4.63. The normalized spacial score (nSPS) is 39.6. The van der Waals surface area contributed by atoms with Crippen LogP contribution >= 0.6 is 0 Å². The molecule has 1 saturated heterocycles. The van der Waals surface area contributed by atoms with Crippen molar-refractivity contribution < 1.29 is 19.6 Å². The summed E-state index contributed by atoms with van der Waals surface area (Å²) in [6.07, 6.45) is 0. The Hall–Kier alpha value is -0.160. The minimum absolute atomic E-state index is 0.125. The van der Waals surface area contributed by atoms with Crippen molar-refractivity contribution in [3.8, 4) is 0 Å². The summed E-state index contributed by atoms with van der Waals surface area (Å²) in [7, 11) is 0. The van der Waals surface area contributed by atoms with Gasteiger partial charge < -0.3 is 9.84 Å². The van der Waals surface area contributed by atoms with Crippen molar-refractivity contribution in [3.63, 3.8) is 0 Å². The molecule has 0 aromatic rings. The minimum Gasteiger partial charge on any atom is -0.362 e. The predicted molar refractivity (Wildman–Crippen MR) is 32.8 cm³/mol. The van der Waals surface area contributed by atoms with Crippen molar-refractivity contribution in [3.05, 3.63) is 0 Å². The first-order chi connectivity index (χ1) is 4.41. The standard InChI is InChI=1S/C6H12O4/c1-5(2)8-4-6(3,7)10-9-5/h7H,4H2,1-3H3. The highest BCUT2D eigenvalue weighted by atomic mass is 17.3. The first kappa shape index (κ1) is 7.94. The summed E-state index contributed by atoms with van der Waals surface area (Å²) < 4.78 is 5.08. The number of hydrogen-bond acceptors (Lipinski definition) is 4. The van der Waals surface area contributed by atoms with Gasteiger partial charge in [-0.25, -0.2) is 0 Å². The van der Waals surface area contributed by atoms with Gasteiger partial charge in [0.2, 0.25) is 5.79 Å². The van der Waals surface area contributed by atoms with E-state index in [-0.39, 0.29) is 6.61 Å². The van der Waals surface area contributed by atoms with Gasteiger partial charge in [-0.3, -0.25) is 0 Å². The summed E-state index contributed by atoms with van der Waals surface area (Å²) in [5, 5.41) is 9.13. The zero-order chi connectivity index (χ0) is 7.83. The number of hydrogen-bond donors (Lipinski definition) is 1. The second kappa shape index (κ2) is 2.17. The maximum absolute atomic E-state index is 9.13. The molecule has 10 heavy (non-hydrogen) atoms. The maximum atomic E-state index is 9.13. The summed E-state index contributed by atoms with van der Waals surface area (Å²) in [4.78, 5) is 9.32. The average molecular weight is 148 g/mol. The van der Waals surface area contributed by atoms with Crippen molar-refractivity contribution in [2.45, 2.75) is 32.3 Å². The van der Waals surface area contributed by atoms with Crippen LogP contribution in [-0.4, -0.2) is 23.3 Å². The summed E-state index contributed by atoms with van der Waals surface area (Å²) in [6, 6.07) is 0. The Labute approximate surface area is 59.6 Å². The van der Waals surface area contributed by atoms with Crippen LogP contribution < -0.4 is 0 Å². The molecule has 4 heteroatoms. The molecular formula is C6H12O4. The molecule has 1 atom stereocenters. The van der Waals surface area contributed by atoms with E-state index in [0.717, 1.165) is 0 Å². The predicted octanol–water partition coefficient (Wildman–Crippen LogP) is 0.409. The van der Waals surface area contributed by atoms with E-state index in [1.165, 1.54) is 6.92 Å². The summed E-state index contributed by atoms with van der Waals surface area (Å²) >= 11 is 0. The zero-order valence-electron chi connectivity index (χ0n) is 6.38. The molecule has 0 bridgehead atoms. The third kappa shape index (κ3) is 1.91. The number of aliphatic hydroxyl groups is 1. The Bertz CT molecular complexity index is 102. The minimum atomic E-state index is -1.31. The molecule has 1 rings (SSSR count). The smallest absolute Gasteiger partial charge is 0.220 e. The van der Waals surface area contributed by atoms with Crippen molar-refractivity contribution in [2.24, 2.45) is 0 Å². The fourth-order valence-electron chi connectivity index (χ4n) is 0.546. The molecule has 0 aromatic heterocycles. The van der Waals surface area contributed by atoms with Crippen LogP contribution in [0.2, 0.25) is 0 Å². The molecule has 1 aliphatic heterocycles. The van der Waals surface area contributed by atoms with Crippen molar-refractivity contribution in [1.82, 2.24) is 0 Å². The highest BCUT2D eigenvalue weighted by Crippen LogP contribution is 2.23. The van der Waals surface area contributed by atoms with E-state index in [9.17, 15) is 0 Å². The lowest BCUT2D eigenvalue weighted by Gasteiger charge is -2.36. The lowest BCUT2D eigenvalue weighted by atomic mass is 10.3. The van der Waals surface area contributed by atoms with Crippen LogP contribution in [0.5, 0.6) is 0 Å². The van der Waals surface area contributed by atoms with Gasteiger partial charge in [-0.05, 0) is 20.8 Å². The quantitative estimate of drug-likeness (QED) is 0.505. The van der Waals surface area contributed by atoms with Crippen molar-refractivity contribution in [2.75, 3.05) is 6.61 Å². The van der Waals surface area contributed by atoms with Gasteiger partial charge in [0.25, 0.3) is 0 Å². The van der Waals surface area contributed by atoms with Gasteiger partial charge >= 0.3 is 0 Å². The largest absolute Gasteiger partial charge is 0.362 e. The Morgan fingerprint density at radius 2 is 1.80 bits per heavy atom. The maximum Gasteiger partial charge on any atom is 0.220 e. The second-order valence-electron chi connectivity index (χ2n) is 3.03. The molecule has 60 valence electrons. The summed E-state index contributed by atoms with van der Waals surface area (Å²) in [6.45, 7) is 5.02. The van der Waals surface area contributed by atoms with E-state index >= 15 is 0 Å². The van der Waals surface area contributed by atoms with E-state index in [1.807, 2.05) is 0 Å². The first-order valence-corrected chi connectivity index (χ1v) is 3.14. The molecule has 4 nitrogen and oxygen atoms in total. The Balaban J connectivity index is 2.46. The lowest BCUT2D eigenvalue weighted by molar-refractivity contribution is -0.535. The second-order valence-corrected chi connectivity index (χ2v) is 3.03. The summed E-state index contributed by atoms with van der Waals surface area (Å²) in [5.74, 6) is -2.06. The molecule has 1 N–H and O–H groups in total. The topological polar surface area (TPSA) is 47.9 Å². The molecule has 0 aliphatic carbocycles. The third-order valence-electron chi connectivity index (χ3n) is 1.11. The molecule has 1 unspecified atom stereocenters. The third-order valence-corrected chi connectivity index (χ3v) is 1.11. The van der Waals surface area contributed by atoms with E-state index < -0.39 is 11.6 Å². The number of ether oxygens (including phenoxy) is 1.